The standard InChI is InChI=1S/C16H20F3N3OS/c1-9(12-7-10-2-3-11(12)6-10)21-14(23)8-24-15-20-5-4-13(22-15)16(17,18)19/h4-5,9-12H,2-3,6-8H2,1H3,(H,21,23)/t9-,10-,11-,12-/m0/s1. The van der Waals surface area contributed by atoms with Crippen molar-refractivity contribution in [3.8, 4) is 0 Å². The van der Waals surface area contributed by atoms with Crippen molar-refractivity contribution in [2.24, 2.45) is 17.8 Å². The number of halogens is 3. The zero-order valence-corrected chi connectivity index (χ0v) is 14.2. The first kappa shape index (κ1) is 17.5. The lowest BCUT2D eigenvalue weighted by molar-refractivity contribution is -0.141. The number of hydrogen-bond acceptors (Lipinski definition) is 4. The summed E-state index contributed by atoms with van der Waals surface area (Å²) in [6, 6.07) is 0.928. The lowest BCUT2D eigenvalue weighted by Gasteiger charge is -2.28. The lowest BCUT2D eigenvalue weighted by atomic mass is 9.84. The quantitative estimate of drug-likeness (QED) is 0.645. The first-order valence-electron chi connectivity index (χ1n) is 8.15. The third-order valence-electron chi connectivity index (χ3n) is 5.08. The van der Waals surface area contributed by atoms with Gasteiger partial charge < -0.3 is 5.32 Å². The molecule has 1 heterocycles. The van der Waals surface area contributed by atoms with E-state index in [1.807, 2.05) is 6.92 Å². The van der Waals surface area contributed by atoms with E-state index < -0.39 is 11.9 Å². The molecule has 4 nitrogen and oxygen atoms in total. The average molecular weight is 359 g/mol. The summed E-state index contributed by atoms with van der Waals surface area (Å²) >= 11 is 0.924. The number of alkyl halides is 3. The van der Waals surface area contributed by atoms with Gasteiger partial charge >= 0.3 is 6.18 Å². The maximum atomic E-state index is 12.6. The number of carbonyl (C=O) groups excluding carboxylic acids is 1. The fraction of sp³-hybridized carbons (Fsp3) is 0.688. The molecule has 0 radical (unpaired) electrons. The third kappa shape index (κ3) is 4.02. The highest BCUT2D eigenvalue weighted by molar-refractivity contribution is 7.99. The second kappa shape index (κ2) is 6.90. The van der Waals surface area contributed by atoms with Crippen molar-refractivity contribution in [2.75, 3.05) is 5.75 Å². The molecule has 3 rings (SSSR count). The smallest absolute Gasteiger partial charge is 0.353 e. The Bertz CT molecular complexity index is 610. The molecule has 0 aliphatic heterocycles. The number of nitrogens with one attached hydrogen (secondary N) is 1. The first-order valence-corrected chi connectivity index (χ1v) is 9.14. The Labute approximate surface area is 143 Å². The average Bonchev–Trinajstić information content (AvgIpc) is 3.15. The topological polar surface area (TPSA) is 54.9 Å². The van der Waals surface area contributed by atoms with Crippen LogP contribution in [-0.2, 0) is 11.0 Å². The van der Waals surface area contributed by atoms with E-state index in [-0.39, 0.29) is 22.9 Å². The van der Waals surface area contributed by atoms with E-state index in [2.05, 4.69) is 15.3 Å². The van der Waals surface area contributed by atoms with E-state index >= 15 is 0 Å². The van der Waals surface area contributed by atoms with Gasteiger partial charge in [-0.2, -0.15) is 13.2 Å². The number of amides is 1. The summed E-state index contributed by atoms with van der Waals surface area (Å²) in [6.07, 6.45) is 1.57. The van der Waals surface area contributed by atoms with Gasteiger partial charge in [-0.1, -0.05) is 18.2 Å². The van der Waals surface area contributed by atoms with Crippen LogP contribution in [0.1, 0.15) is 38.3 Å². The zero-order valence-electron chi connectivity index (χ0n) is 13.3. The summed E-state index contributed by atoms with van der Waals surface area (Å²) in [5.74, 6) is 1.89. The van der Waals surface area contributed by atoms with Gasteiger partial charge in [0.05, 0.1) is 5.75 Å². The minimum atomic E-state index is -4.50. The largest absolute Gasteiger partial charge is 0.433 e. The molecule has 132 valence electrons. The predicted octanol–water partition coefficient (Wildman–Crippen LogP) is 3.53. The molecule has 2 saturated carbocycles. The van der Waals surface area contributed by atoms with Crippen molar-refractivity contribution in [3.63, 3.8) is 0 Å². The summed E-state index contributed by atoms with van der Waals surface area (Å²) in [5, 5.41) is 2.95. The molecule has 2 fully saturated rings. The van der Waals surface area contributed by atoms with E-state index in [9.17, 15) is 18.0 Å². The Balaban J connectivity index is 1.49. The summed E-state index contributed by atoms with van der Waals surface area (Å²) in [5.41, 5.74) is -0.990. The van der Waals surface area contributed by atoms with Gasteiger partial charge in [-0.05, 0) is 50.0 Å². The minimum absolute atomic E-state index is 0.0203. The Morgan fingerprint density at radius 1 is 1.42 bits per heavy atom. The molecule has 4 atom stereocenters. The molecule has 0 saturated heterocycles. The van der Waals surface area contributed by atoms with E-state index in [0.29, 0.717) is 11.8 Å². The number of aromatic nitrogens is 2. The number of rotatable bonds is 5. The molecule has 0 unspecified atom stereocenters. The number of carbonyl (C=O) groups is 1. The SMILES string of the molecule is C[C@H](NC(=O)CSc1nccc(C(F)(F)F)n1)[C@@H]1C[C@H]2CC[C@H]1C2. The Morgan fingerprint density at radius 3 is 2.83 bits per heavy atom. The van der Waals surface area contributed by atoms with Crippen molar-refractivity contribution in [2.45, 2.75) is 50.0 Å². The van der Waals surface area contributed by atoms with E-state index in [4.69, 9.17) is 0 Å². The van der Waals surface area contributed by atoms with Gasteiger partial charge in [0.2, 0.25) is 5.91 Å². The summed E-state index contributed by atoms with van der Waals surface area (Å²) in [7, 11) is 0. The predicted molar refractivity (Wildman–Crippen MR) is 84.3 cm³/mol. The highest BCUT2D eigenvalue weighted by atomic mass is 32.2. The van der Waals surface area contributed by atoms with Crippen LogP contribution in [0.25, 0.3) is 0 Å². The highest BCUT2D eigenvalue weighted by Crippen LogP contribution is 2.49. The minimum Gasteiger partial charge on any atom is -0.353 e. The summed E-state index contributed by atoms with van der Waals surface area (Å²) in [6.45, 7) is 2.02. The molecule has 1 aromatic heterocycles. The van der Waals surface area contributed by atoms with Crippen molar-refractivity contribution in [1.29, 1.82) is 0 Å². The Morgan fingerprint density at radius 2 is 2.21 bits per heavy atom. The summed E-state index contributed by atoms with van der Waals surface area (Å²) < 4.78 is 37.8. The maximum absolute atomic E-state index is 12.6. The van der Waals surface area contributed by atoms with Crippen LogP contribution >= 0.6 is 11.8 Å². The Kier molecular flexibility index (Phi) is 5.03. The van der Waals surface area contributed by atoms with Gasteiger partial charge in [-0.3, -0.25) is 4.79 Å². The number of hydrogen-bond donors (Lipinski definition) is 1. The van der Waals surface area contributed by atoms with Gasteiger partial charge in [0.1, 0.15) is 5.69 Å². The molecule has 2 bridgehead atoms. The molecule has 1 amide bonds. The third-order valence-corrected chi connectivity index (χ3v) is 5.94. The van der Waals surface area contributed by atoms with E-state index in [1.165, 1.54) is 25.7 Å². The molecule has 2 aliphatic carbocycles. The second-order valence-electron chi connectivity index (χ2n) is 6.71. The maximum Gasteiger partial charge on any atom is 0.433 e. The van der Waals surface area contributed by atoms with E-state index in [0.717, 1.165) is 29.9 Å². The number of nitrogens with zero attached hydrogens (tertiary/aromatic N) is 2. The molecular weight excluding hydrogens is 339 g/mol. The van der Waals surface area contributed by atoms with Gasteiger partial charge in [0.25, 0.3) is 0 Å². The number of fused-ring (bicyclic) bond motifs is 2. The highest BCUT2D eigenvalue weighted by Gasteiger charge is 2.42. The van der Waals surface area contributed by atoms with Crippen molar-refractivity contribution in [1.82, 2.24) is 15.3 Å². The van der Waals surface area contributed by atoms with Crippen molar-refractivity contribution < 1.29 is 18.0 Å². The normalized spacial score (nSPS) is 27.2. The van der Waals surface area contributed by atoms with Crippen LogP contribution in [0.2, 0.25) is 0 Å². The second-order valence-corrected chi connectivity index (χ2v) is 7.65. The molecular formula is C16H20F3N3OS. The van der Waals surface area contributed by atoms with Crippen LogP contribution in [0.4, 0.5) is 13.2 Å². The van der Waals surface area contributed by atoms with Crippen molar-refractivity contribution >= 4 is 17.7 Å². The van der Waals surface area contributed by atoms with Crippen LogP contribution in [-0.4, -0.2) is 27.7 Å². The zero-order chi connectivity index (χ0) is 17.3. The van der Waals surface area contributed by atoms with Gasteiger partial charge in [0.15, 0.2) is 5.16 Å². The molecule has 24 heavy (non-hydrogen) atoms. The monoisotopic (exact) mass is 359 g/mol. The van der Waals surface area contributed by atoms with Crippen LogP contribution in [0.3, 0.4) is 0 Å². The van der Waals surface area contributed by atoms with Crippen LogP contribution < -0.4 is 5.32 Å². The fourth-order valence-electron chi connectivity index (χ4n) is 4.01. The van der Waals surface area contributed by atoms with Gasteiger partial charge in [0, 0.05) is 12.2 Å². The fourth-order valence-corrected chi connectivity index (χ4v) is 4.65. The molecule has 8 heteroatoms. The molecule has 1 N–H and O–H groups in total. The molecule has 2 aliphatic rings. The molecule has 1 aromatic rings. The molecule has 0 aromatic carbocycles. The molecule has 0 spiro atoms. The summed E-state index contributed by atoms with van der Waals surface area (Å²) in [4.78, 5) is 19.3. The first-order chi connectivity index (χ1) is 11.3. The van der Waals surface area contributed by atoms with Crippen LogP contribution in [0.5, 0.6) is 0 Å². The Hall–Kier alpha value is -1.31. The lowest BCUT2D eigenvalue weighted by Crippen LogP contribution is -2.40. The number of thioether (sulfide) groups is 1. The van der Waals surface area contributed by atoms with E-state index in [1.54, 1.807) is 0 Å². The van der Waals surface area contributed by atoms with Gasteiger partial charge in [-0.15, -0.1) is 0 Å². The van der Waals surface area contributed by atoms with Crippen molar-refractivity contribution in [3.05, 3.63) is 18.0 Å². The van der Waals surface area contributed by atoms with Gasteiger partial charge in [-0.25, -0.2) is 9.97 Å². The van der Waals surface area contributed by atoms with Crippen LogP contribution in [0, 0.1) is 17.8 Å². The van der Waals surface area contributed by atoms with Crippen LogP contribution in [0.15, 0.2) is 17.4 Å².